The molecule has 6 aromatic rings. The van der Waals surface area contributed by atoms with E-state index in [9.17, 15) is 51.9 Å². The molecule has 0 radical (unpaired) electrons. The van der Waals surface area contributed by atoms with E-state index in [4.69, 9.17) is 0 Å². The monoisotopic (exact) mass is 1060 g/mol. The molecule has 0 aliphatic carbocycles. The third-order valence-electron chi connectivity index (χ3n) is 9.35. The Balaban J connectivity index is 0.00000420. The average Bonchev–Trinajstić information content (AvgIpc) is 3.24. The van der Waals surface area contributed by atoms with Crippen LogP contribution in [-0.2, 0) is 40.5 Å². The molecule has 0 bridgehead atoms. The largest absolute Gasteiger partial charge is 1.00 e. The summed E-state index contributed by atoms with van der Waals surface area (Å²) in [5, 5.41) is 33.1. The van der Waals surface area contributed by atoms with Crippen molar-refractivity contribution in [1.29, 1.82) is 0 Å². The van der Waals surface area contributed by atoms with Crippen LogP contribution in [0.4, 0.5) is 45.5 Å². The fourth-order valence-electron chi connectivity index (χ4n) is 5.87. The predicted octanol–water partition coefficient (Wildman–Crippen LogP) is -1.62. The summed E-state index contributed by atoms with van der Waals surface area (Å²) in [6, 6.07) is 23.5. The van der Waals surface area contributed by atoms with Gasteiger partial charge in [-0.3, -0.25) is 0 Å². The van der Waals surface area contributed by atoms with Gasteiger partial charge in [0.1, 0.15) is 40.5 Å². The minimum atomic E-state index is -5.13. The summed E-state index contributed by atoms with van der Waals surface area (Å²) in [7, 11) is -19.5. The minimum absolute atomic E-state index is 0. The molecular weight excluding hydrogens is 1030 g/mol. The second-order valence-electron chi connectivity index (χ2n) is 14.2. The zero-order chi connectivity index (χ0) is 48.2. The number of aryl methyl sites for hydroxylation is 4. The van der Waals surface area contributed by atoms with E-state index in [0.29, 0.717) is 56.4 Å². The van der Waals surface area contributed by atoms with Gasteiger partial charge in [-0.15, -0.1) is 0 Å². The molecule has 0 N–H and O–H groups in total. The molecule has 28 heteroatoms. The first kappa shape index (κ1) is 63.2. The number of rotatable bonds is 14. The molecule has 0 unspecified atom stereocenters. The van der Waals surface area contributed by atoms with Crippen molar-refractivity contribution < 1.29 is 170 Å². The van der Waals surface area contributed by atoms with Crippen molar-refractivity contribution in [3.8, 4) is 0 Å². The smallest absolute Gasteiger partial charge is 0.744 e. The van der Waals surface area contributed by atoms with E-state index < -0.39 is 60.1 Å². The van der Waals surface area contributed by atoms with E-state index in [1.807, 2.05) is 0 Å². The molecule has 0 aliphatic rings. The summed E-state index contributed by atoms with van der Waals surface area (Å²) in [6.45, 7) is 6.84. The Kier molecular flexibility index (Phi) is 23.8. The molecule has 0 aliphatic heterocycles. The molecule has 70 heavy (non-hydrogen) atoms. The molecule has 0 saturated heterocycles. The summed E-state index contributed by atoms with van der Waals surface area (Å²) in [4.78, 5) is -2.23. The van der Waals surface area contributed by atoms with Gasteiger partial charge in [-0.25, -0.2) is 33.7 Å². The zero-order valence-corrected chi connectivity index (χ0v) is 49.9. The molecule has 0 spiro atoms. The van der Waals surface area contributed by atoms with Crippen LogP contribution >= 0.6 is 0 Å². The maximum Gasteiger partial charge on any atom is 1.00 e. The summed E-state index contributed by atoms with van der Waals surface area (Å²) < 4.78 is 141. The first-order valence-electron chi connectivity index (χ1n) is 18.7. The van der Waals surface area contributed by atoms with E-state index >= 15 is 0 Å². The topological polar surface area (TPSA) is 328 Å². The van der Waals surface area contributed by atoms with Gasteiger partial charge in [-0.1, -0.05) is 24.3 Å². The Bertz CT molecular complexity index is 3300. The summed E-state index contributed by atoms with van der Waals surface area (Å²) in [5.74, 6) is 0. The maximum atomic E-state index is 12.4. The van der Waals surface area contributed by atoms with Crippen LogP contribution in [-0.4, -0.2) is 51.9 Å². The van der Waals surface area contributed by atoms with E-state index in [1.54, 1.807) is 52.0 Å². The number of nitrogens with zero attached hydrogens (tertiary/aromatic N) is 8. The van der Waals surface area contributed by atoms with Gasteiger partial charge in [-0.2, -0.15) is 40.9 Å². The van der Waals surface area contributed by atoms with Crippen molar-refractivity contribution in [1.82, 2.24) is 0 Å². The Hall–Kier alpha value is -2.90. The summed E-state index contributed by atoms with van der Waals surface area (Å²) >= 11 is 0. The molecule has 0 aromatic heterocycles. The number of hydrogen-bond acceptors (Lipinski definition) is 20. The summed E-state index contributed by atoms with van der Waals surface area (Å²) in [5.41, 5.74) is 4.29. The second kappa shape index (κ2) is 26.4. The van der Waals surface area contributed by atoms with Gasteiger partial charge >= 0.3 is 118 Å². The van der Waals surface area contributed by atoms with Gasteiger partial charge in [-0.05, 0) is 158 Å². The quantitative estimate of drug-likeness (QED) is 0.0515. The van der Waals surface area contributed by atoms with Crippen molar-refractivity contribution in [2.45, 2.75) is 47.3 Å². The minimum Gasteiger partial charge on any atom is -0.744 e. The Morgan fingerprint density at radius 2 is 0.571 bits per heavy atom. The number of azo groups is 4. The Morgan fingerprint density at radius 1 is 0.329 bits per heavy atom. The van der Waals surface area contributed by atoms with Crippen molar-refractivity contribution in [3.63, 3.8) is 0 Å². The van der Waals surface area contributed by atoms with E-state index in [2.05, 4.69) is 40.9 Å². The molecule has 6 rings (SSSR count). The zero-order valence-electron chi connectivity index (χ0n) is 38.7. The van der Waals surface area contributed by atoms with E-state index in [0.717, 1.165) is 48.6 Å². The third-order valence-corrected chi connectivity index (χ3v) is 12.8. The standard InChI is InChI=1S/C42H36N8O12S4.4Na/c1-25-21-39(27(3)19-37(25)47-43-31-11-15-35(16-12-31)63(51,52)53)49-45-33-9-7-29(41(23-33)65(57,58)59)5-6-30-8-10-34(24-42(30)66(60,61)62)46-50-40-22-26(2)38(20-28(40)4)48-44-32-13-17-36(18-14-32)64(54,55)56;;;;/h5-24H,1-4H3,(H,51,52,53)(H,54,55,56)(H,57,58,59)(H,60,61,62);;;;/q;4*+1/p-4. The van der Waals surface area contributed by atoms with Crippen LogP contribution in [0, 0.1) is 27.7 Å². The molecule has 0 amide bonds. The van der Waals surface area contributed by atoms with E-state index in [-0.39, 0.29) is 141 Å². The second-order valence-corrected chi connectivity index (χ2v) is 19.7. The Labute approximate surface area is 492 Å². The van der Waals surface area contributed by atoms with Gasteiger partial charge in [0.2, 0.25) is 0 Å². The van der Waals surface area contributed by atoms with E-state index in [1.165, 1.54) is 48.5 Å². The average molecular weight is 1060 g/mol. The van der Waals surface area contributed by atoms with Crippen molar-refractivity contribution in [3.05, 3.63) is 143 Å². The van der Waals surface area contributed by atoms with Gasteiger partial charge in [0, 0.05) is 0 Å². The van der Waals surface area contributed by atoms with Gasteiger partial charge in [0.15, 0.2) is 0 Å². The molecule has 0 atom stereocenters. The SMILES string of the molecule is Cc1cc(N=Nc2ccc(C=Cc3ccc(N=Nc4cc(C)c(N=Nc5ccc(S(=O)(=O)[O-])cc5)cc4C)cc3S(=O)(=O)[O-])c(S(=O)(=O)[O-])c2)c(C)cc1N=Nc1ccc(S(=O)(=O)[O-])cc1.[Na+].[Na+].[Na+].[Na+]. The molecule has 0 fully saturated rings. The Morgan fingerprint density at radius 3 is 0.814 bits per heavy atom. The molecular formula is C42H32N8Na4O12S4. The first-order valence-corrected chi connectivity index (χ1v) is 24.4. The van der Waals surface area contributed by atoms with Gasteiger partial charge < -0.3 is 18.2 Å². The normalized spacial score (nSPS) is 12.3. The number of hydrogen-bond donors (Lipinski definition) is 0. The molecule has 0 heterocycles. The maximum absolute atomic E-state index is 12.4. The molecule has 6 aromatic carbocycles. The van der Waals surface area contributed by atoms with Crippen LogP contribution < -0.4 is 118 Å². The van der Waals surface area contributed by atoms with Crippen LogP contribution in [0.1, 0.15) is 33.4 Å². The third kappa shape index (κ3) is 17.4. The molecule has 20 nitrogen and oxygen atoms in total. The fraction of sp³-hybridized carbons (Fsp3) is 0.0952. The van der Waals surface area contributed by atoms with Crippen LogP contribution in [0.3, 0.4) is 0 Å². The molecule has 0 saturated carbocycles. The molecule has 340 valence electrons. The first-order chi connectivity index (χ1) is 30.8. The van der Waals surface area contributed by atoms with Crippen LogP contribution in [0.5, 0.6) is 0 Å². The van der Waals surface area contributed by atoms with Crippen molar-refractivity contribution in [2.75, 3.05) is 0 Å². The predicted molar refractivity (Wildman–Crippen MR) is 235 cm³/mol. The van der Waals surface area contributed by atoms with Crippen LogP contribution in [0.2, 0.25) is 0 Å². The van der Waals surface area contributed by atoms with Crippen molar-refractivity contribution in [2.24, 2.45) is 40.9 Å². The van der Waals surface area contributed by atoms with Crippen LogP contribution in [0.15, 0.2) is 170 Å². The van der Waals surface area contributed by atoms with Gasteiger partial charge in [0.25, 0.3) is 0 Å². The number of benzene rings is 6. The van der Waals surface area contributed by atoms with Gasteiger partial charge in [0.05, 0.1) is 65.1 Å². The fourth-order valence-corrected chi connectivity index (χ4v) is 8.18. The van der Waals surface area contributed by atoms with Crippen molar-refractivity contribution >= 4 is 98.1 Å². The summed E-state index contributed by atoms with van der Waals surface area (Å²) in [6.07, 6.45) is 2.30. The van der Waals surface area contributed by atoms with Crippen LogP contribution in [0.25, 0.3) is 12.2 Å².